The van der Waals surface area contributed by atoms with Gasteiger partial charge >= 0.3 is 0 Å². The lowest BCUT2D eigenvalue weighted by molar-refractivity contribution is -0.129. The number of nitrogens with zero attached hydrogens (tertiary/aromatic N) is 3. The Balaban J connectivity index is 1.76. The molecule has 0 aliphatic heterocycles. The van der Waals surface area contributed by atoms with Gasteiger partial charge in [0.2, 0.25) is 5.91 Å². The van der Waals surface area contributed by atoms with Gasteiger partial charge in [-0.25, -0.2) is 0 Å². The Bertz CT molecular complexity index is 860. The summed E-state index contributed by atoms with van der Waals surface area (Å²) in [6.45, 7) is 4.66. The molecule has 0 atom stereocenters. The van der Waals surface area contributed by atoms with Crippen LogP contribution in [-0.2, 0) is 24.8 Å². The van der Waals surface area contributed by atoms with Crippen LogP contribution in [0.15, 0.2) is 35.2 Å². The van der Waals surface area contributed by atoms with Crippen LogP contribution in [0.25, 0.3) is 11.0 Å². The van der Waals surface area contributed by atoms with Gasteiger partial charge < -0.3 is 9.32 Å². The van der Waals surface area contributed by atoms with E-state index in [0.717, 1.165) is 27.7 Å². The van der Waals surface area contributed by atoms with Crippen molar-refractivity contribution in [2.45, 2.75) is 26.8 Å². The molecule has 1 amide bonds. The van der Waals surface area contributed by atoms with Crippen LogP contribution in [-0.4, -0.2) is 27.6 Å². The van der Waals surface area contributed by atoms with Gasteiger partial charge in [0.15, 0.2) is 0 Å². The predicted molar refractivity (Wildman–Crippen MR) is 89.1 cm³/mol. The minimum atomic E-state index is 0.0646. The Kier molecular flexibility index (Phi) is 3.94. The molecule has 0 aliphatic rings. The summed E-state index contributed by atoms with van der Waals surface area (Å²) in [7, 11) is 3.68. The molecule has 1 aromatic carbocycles. The minimum absolute atomic E-state index is 0.0646. The van der Waals surface area contributed by atoms with Gasteiger partial charge in [0.25, 0.3) is 0 Å². The minimum Gasteiger partial charge on any atom is -0.464 e. The fraction of sp³-hybridized carbons (Fsp3) is 0.333. The van der Waals surface area contributed by atoms with E-state index in [1.807, 2.05) is 33.3 Å². The Hall–Kier alpha value is -2.56. The van der Waals surface area contributed by atoms with Crippen molar-refractivity contribution in [1.82, 2.24) is 14.7 Å². The van der Waals surface area contributed by atoms with Gasteiger partial charge in [-0.3, -0.25) is 9.48 Å². The van der Waals surface area contributed by atoms with Crippen molar-refractivity contribution in [2.24, 2.45) is 7.05 Å². The molecule has 3 rings (SSSR count). The summed E-state index contributed by atoms with van der Waals surface area (Å²) in [6, 6.07) is 4.10. The van der Waals surface area contributed by atoms with Gasteiger partial charge in [0.05, 0.1) is 18.9 Å². The molecule has 0 saturated heterocycles. The molecule has 0 unspecified atom stereocenters. The van der Waals surface area contributed by atoms with E-state index in [4.69, 9.17) is 4.42 Å². The van der Waals surface area contributed by atoms with Gasteiger partial charge in [-0.05, 0) is 25.0 Å². The highest BCUT2D eigenvalue weighted by atomic mass is 16.3. The molecule has 5 nitrogen and oxygen atoms in total. The van der Waals surface area contributed by atoms with Crippen molar-refractivity contribution in [3.63, 3.8) is 0 Å². The van der Waals surface area contributed by atoms with Gasteiger partial charge in [0, 0.05) is 43.4 Å². The van der Waals surface area contributed by atoms with E-state index in [-0.39, 0.29) is 5.91 Å². The zero-order valence-electron chi connectivity index (χ0n) is 14.0. The lowest BCUT2D eigenvalue weighted by Gasteiger charge is -2.15. The summed E-state index contributed by atoms with van der Waals surface area (Å²) in [5.41, 5.74) is 5.16. The third-order valence-electron chi connectivity index (χ3n) is 4.29. The van der Waals surface area contributed by atoms with E-state index in [0.29, 0.717) is 13.0 Å². The predicted octanol–water partition coefficient (Wildman–Crippen LogP) is 2.98. The zero-order valence-corrected chi connectivity index (χ0v) is 14.0. The molecular weight excluding hydrogens is 290 g/mol. The third-order valence-corrected chi connectivity index (χ3v) is 4.29. The summed E-state index contributed by atoms with van der Waals surface area (Å²) in [5.74, 6) is 0.0646. The van der Waals surface area contributed by atoms with Crippen molar-refractivity contribution in [3.8, 4) is 0 Å². The van der Waals surface area contributed by atoms with Crippen LogP contribution in [0.5, 0.6) is 0 Å². The summed E-state index contributed by atoms with van der Waals surface area (Å²) in [4.78, 5) is 14.2. The number of hydrogen-bond acceptors (Lipinski definition) is 3. The number of hydrogen-bond donors (Lipinski definition) is 0. The van der Waals surface area contributed by atoms with Gasteiger partial charge in [-0.1, -0.05) is 12.1 Å². The van der Waals surface area contributed by atoms with E-state index in [1.54, 1.807) is 22.0 Å². The van der Waals surface area contributed by atoms with Gasteiger partial charge in [0.1, 0.15) is 5.58 Å². The van der Waals surface area contributed by atoms with E-state index < -0.39 is 0 Å². The van der Waals surface area contributed by atoms with Crippen molar-refractivity contribution in [2.75, 3.05) is 7.05 Å². The Labute approximate surface area is 135 Å². The fourth-order valence-electron chi connectivity index (χ4n) is 2.74. The molecule has 0 aliphatic carbocycles. The average molecular weight is 311 g/mol. The molecule has 23 heavy (non-hydrogen) atoms. The normalized spacial score (nSPS) is 11.1. The van der Waals surface area contributed by atoms with E-state index in [2.05, 4.69) is 18.1 Å². The van der Waals surface area contributed by atoms with Crippen molar-refractivity contribution in [1.29, 1.82) is 0 Å². The second-order valence-electron chi connectivity index (χ2n) is 6.09. The van der Waals surface area contributed by atoms with Crippen LogP contribution in [0.3, 0.4) is 0 Å². The zero-order chi connectivity index (χ0) is 16.6. The fourth-order valence-corrected chi connectivity index (χ4v) is 2.74. The lowest BCUT2D eigenvalue weighted by atomic mass is 10.0. The number of furan rings is 1. The van der Waals surface area contributed by atoms with Crippen LogP contribution in [0, 0.1) is 13.8 Å². The first-order valence-electron chi connectivity index (χ1n) is 7.63. The lowest BCUT2D eigenvalue weighted by Crippen LogP contribution is -2.27. The quantitative estimate of drug-likeness (QED) is 0.744. The van der Waals surface area contributed by atoms with Crippen LogP contribution in [0.4, 0.5) is 0 Å². The number of carbonyl (C=O) groups excluding carboxylic acids is 1. The molecule has 5 heteroatoms. The first-order valence-corrected chi connectivity index (χ1v) is 7.63. The summed E-state index contributed by atoms with van der Waals surface area (Å²) >= 11 is 0. The molecule has 0 fully saturated rings. The highest BCUT2D eigenvalue weighted by molar-refractivity contribution is 5.89. The van der Waals surface area contributed by atoms with E-state index in [1.165, 1.54) is 5.56 Å². The molecule has 2 heterocycles. The van der Waals surface area contributed by atoms with Crippen LogP contribution in [0.1, 0.15) is 22.3 Å². The standard InChI is InChI=1S/C18H21N3O2/c1-12-5-6-16-15(11-23-18(16)13(12)2)7-17(22)20(3)9-14-8-19-21(4)10-14/h5-6,8,10-11H,7,9H2,1-4H3. The molecule has 0 bridgehead atoms. The van der Waals surface area contributed by atoms with Crippen molar-refractivity contribution >= 4 is 16.9 Å². The third kappa shape index (κ3) is 2.99. The Morgan fingerprint density at radius 3 is 2.83 bits per heavy atom. The maximum Gasteiger partial charge on any atom is 0.227 e. The van der Waals surface area contributed by atoms with Gasteiger partial charge in [-0.15, -0.1) is 0 Å². The van der Waals surface area contributed by atoms with Crippen LogP contribution >= 0.6 is 0 Å². The molecule has 0 spiro atoms. The van der Waals surface area contributed by atoms with Crippen LogP contribution in [0.2, 0.25) is 0 Å². The van der Waals surface area contributed by atoms with E-state index >= 15 is 0 Å². The number of benzene rings is 1. The SMILES string of the molecule is Cc1ccc2c(CC(=O)N(C)Cc3cnn(C)c3)coc2c1C. The largest absolute Gasteiger partial charge is 0.464 e. The highest BCUT2D eigenvalue weighted by Crippen LogP contribution is 2.27. The molecule has 0 radical (unpaired) electrons. The number of likely N-dealkylation sites (N-methyl/N-ethyl adjacent to an activating group) is 1. The maximum absolute atomic E-state index is 12.5. The number of rotatable bonds is 4. The summed E-state index contributed by atoms with van der Waals surface area (Å²) < 4.78 is 7.42. The second-order valence-corrected chi connectivity index (χ2v) is 6.09. The highest BCUT2D eigenvalue weighted by Gasteiger charge is 2.16. The number of amides is 1. The number of aryl methyl sites for hydroxylation is 3. The smallest absolute Gasteiger partial charge is 0.227 e. The molecule has 0 saturated carbocycles. The number of fused-ring (bicyclic) bond motifs is 1. The Morgan fingerprint density at radius 2 is 2.13 bits per heavy atom. The molecule has 3 aromatic rings. The Morgan fingerprint density at radius 1 is 1.35 bits per heavy atom. The molecule has 120 valence electrons. The maximum atomic E-state index is 12.5. The molecule has 2 aromatic heterocycles. The van der Waals surface area contributed by atoms with Crippen molar-refractivity contribution < 1.29 is 9.21 Å². The first kappa shape index (κ1) is 15.3. The molecule has 0 N–H and O–H groups in total. The first-order chi connectivity index (χ1) is 11.0. The average Bonchev–Trinajstić information content (AvgIpc) is 3.10. The van der Waals surface area contributed by atoms with Crippen LogP contribution < -0.4 is 0 Å². The molecular formula is C18H21N3O2. The van der Waals surface area contributed by atoms with Crippen molar-refractivity contribution in [3.05, 3.63) is 53.0 Å². The summed E-state index contributed by atoms with van der Waals surface area (Å²) in [6.07, 6.45) is 5.74. The number of aromatic nitrogens is 2. The monoisotopic (exact) mass is 311 g/mol. The summed E-state index contributed by atoms with van der Waals surface area (Å²) in [5, 5.41) is 5.15. The van der Waals surface area contributed by atoms with E-state index in [9.17, 15) is 4.79 Å². The number of carbonyl (C=O) groups is 1. The van der Waals surface area contributed by atoms with Gasteiger partial charge in [-0.2, -0.15) is 5.10 Å². The second kappa shape index (κ2) is 5.91. The topological polar surface area (TPSA) is 51.3 Å².